The lowest BCUT2D eigenvalue weighted by Gasteiger charge is -2.42. The molecule has 0 saturated heterocycles. The number of alkyl halides is 3. The molecule has 1 aliphatic rings. The van der Waals surface area contributed by atoms with Crippen molar-refractivity contribution in [2.75, 3.05) is 0 Å². The first-order valence-electron chi connectivity index (χ1n) is 5.29. The number of rotatable bonds is 2. The molecule has 0 spiro atoms. The first-order chi connectivity index (χ1) is 6.77. The van der Waals surface area contributed by atoms with Crippen molar-refractivity contribution in [3.63, 3.8) is 0 Å². The molecule has 90 valence electrons. The van der Waals surface area contributed by atoms with E-state index < -0.39 is 17.8 Å². The molecule has 0 heterocycles. The minimum Gasteiger partial charge on any atom is -0.393 e. The molecule has 0 aromatic rings. The average Bonchev–Trinajstić information content (AvgIpc) is 2.06. The van der Waals surface area contributed by atoms with E-state index >= 15 is 0 Å². The number of nitrogens with one attached hydrogen (secondary N) is 1. The summed E-state index contributed by atoms with van der Waals surface area (Å²) in [6, 6.07) is -0.207. The maximum Gasteiger partial charge on any atom is 0.406 e. The fourth-order valence-electron chi connectivity index (χ4n) is 2.16. The van der Waals surface area contributed by atoms with Crippen molar-refractivity contribution in [3.8, 4) is 0 Å². The summed E-state index contributed by atoms with van der Waals surface area (Å²) in [6.07, 6.45) is -4.43. The van der Waals surface area contributed by atoms with E-state index in [1.807, 2.05) is 0 Å². The topological polar surface area (TPSA) is 32.3 Å². The highest BCUT2D eigenvalue weighted by atomic mass is 19.4. The quantitative estimate of drug-likeness (QED) is 0.755. The number of aliphatic hydroxyl groups excluding tert-OH is 1. The average molecular weight is 225 g/mol. The van der Waals surface area contributed by atoms with Crippen LogP contribution in [0.2, 0.25) is 0 Å². The van der Waals surface area contributed by atoms with Crippen molar-refractivity contribution in [2.24, 2.45) is 0 Å². The smallest absolute Gasteiger partial charge is 0.393 e. The Kier molecular flexibility index (Phi) is 3.66. The van der Waals surface area contributed by atoms with Crippen LogP contribution in [-0.4, -0.2) is 29.0 Å². The predicted molar refractivity (Wildman–Crippen MR) is 51.5 cm³/mol. The summed E-state index contributed by atoms with van der Waals surface area (Å²) in [6.45, 7) is 3.41. The summed E-state index contributed by atoms with van der Waals surface area (Å²) in [5.41, 5.74) is -1.79. The Morgan fingerprint density at radius 3 is 2.07 bits per heavy atom. The maximum absolute atomic E-state index is 12.9. The van der Waals surface area contributed by atoms with Crippen LogP contribution in [0.15, 0.2) is 0 Å². The van der Waals surface area contributed by atoms with E-state index in [9.17, 15) is 18.3 Å². The van der Waals surface area contributed by atoms with E-state index in [-0.39, 0.29) is 31.7 Å². The molecule has 2 nitrogen and oxygen atoms in total. The fourth-order valence-corrected chi connectivity index (χ4v) is 2.16. The zero-order valence-corrected chi connectivity index (χ0v) is 9.06. The summed E-state index contributed by atoms with van der Waals surface area (Å²) >= 11 is 0. The summed E-state index contributed by atoms with van der Waals surface area (Å²) in [5.74, 6) is 0. The van der Waals surface area contributed by atoms with Gasteiger partial charge in [0.1, 0.15) is 5.54 Å². The number of hydrogen-bond donors (Lipinski definition) is 2. The molecule has 1 fully saturated rings. The van der Waals surface area contributed by atoms with Crippen LogP contribution in [0.4, 0.5) is 13.2 Å². The van der Waals surface area contributed by atoms with Crippen LogP contribution in [0, 0.1) is 0 Å². The van der Waals surface area contributed by atoms with Gasteiger partial charge < -0.3 is 10.4 Å². The third-order valence-electron chi connectivity index (χ3n) is 2.92. The second-order valence-corrected chi connectivity index (χ2v) is 4.61. The van der Waals surface area contributed by atoms with Gasteiger partial charge in [-0.2, -0.15) is 13.2 Å². The molecule has 0 aliphatic heterocycles. The molecule has 2 N–H and O–H groups in total. The van der Waals surface area contributed by atoms with Gasteiger partial charge in [-0.3, -0.25) is 0 Å². The van der Waals surface area contributed by atoms with Gasteiger partial charge in [0, 0.05) is 6.04 Å². The zero-order chi connectivity index (χ0) is 11.7. The van der Waals surface area contributed by atoms with E-state index in [4.69, 9.17) is 0 Å². The molecule has 0 amide bonds. The van der Waals surface area contributed by atoms with E-state index in [0.29, 0.717) is 0 Å². The molecule has 0 aromatic heterocycles. The van der Waals surface area contributed by atoms with Crippen LogP contribution in [-0.2, 0) is 0 Å². The molecule has 15 heavy (non-hydrogen) atoms. The monoisotopic (exact) mass is 225 g/mol. The molecule has 5 heteroatoms. The standard InChI is InChI=1S/C10H18F3NO/c1-7(2)14-9(10(11,12)13)5-3-8(15)4-6-9/h7-8,14-15H,3-6H2,1-2H3/t8-,9+. The van der Waals surface area contributed by atoms with Gasteiger partial charge in [0.05, 0.1) is 6.10 Å². The van der Waals surface area contributed by atoms with Crippen molar-refractivity contribution in [1.29, 1.82) is 0 Å². The lowest BCUT2D eigenvalue weighted by atomic mass is 9.79. The van der Waals surface area contributed by atoms with Gasteiger partial charge >= 0.3 is 6.18 Å². The molecule has 0 unspecified atom stereocenters. The van der Waals surface area contributed by atoms with Crippen LogP contribution in [0.25, 0.3) is 0 Å². The molecular formula is C10H18F3NO. The molecule has 0 atom stereocenters. The van der Waals surface area contributed by atoms with E-state index in [1.54, 1.807) is 13.8 Å². The summed E-state index contributed by atoms with van der Waals surface area (Å²) in [5, 5.41) is 11.9. The highest BCUT2D eigenvalue weighted by Gasteiger charge is 2.55. The van der Waals surface area contributed by atoms with E-state index in [0.717, 1.165) is 0 Å². The van der Waals surface area contributed by atoms with Gasteiger partial charge in [0.25, 0.3) is 0 Å². The Morgan fingerprint density at radius 1 is 1.27 bits per heavy atom. The lowest BCUT2D eigenvalue weighted by molar-refractivity contribution is -0.211. The Morgan fingerprint density at radius 2 is 1.73 bits per heavy atom. The molecule has 0 bridgehead atoms. The molecule has 0 aromatic carbocycles. The minimum absolute atomic E-state index is 0.0319. The fraction of sp³-hybridized carbons (Fsp3) is 1.00. The Labute approximate surface area is 87.9 Å². The Balaban J connectivity index is 2.78. The van der Waals surface area contributed by atoms with E-state index in [1.165, 1.54) is 0 Å². The van der Waals surface area contributed by atoms with Gasteiger partial charge in [0.15, 0.2) is 0 Å². The van der Waals surface area contributed by atoms with Crippen LogP contribution in [0.3, 0.4) is 0 Å². The normalized spacial score (nSPS) is 33.4. The van der Waals surface area contributed by atoms with Crippen LogP contribution < -0.4 is 5.32 Å². The summed E-state index contributed by atoms with van der Waals surface area (Å²) in [4.78, 5) is 0. The van der Waals surface area contributed by atoms with Gasteiger partial charge in [-0.1, -0.05) is 13.8 Å². The van der Waals surface area contributed by atoms with Crippen LogP contribution >= 0.6 is 0 Å². The lowest BCUT2D eigenvalue weighted by Crippen LogP contribution is -2.60. The number of hydrogen-bond acceptors (Lipinski definition) is 2. The molecule has 0 radical (unpaired) electrons. The van der Waals surface area contributed by atoms with Gasteiger partial charge in [-0.25, -0.2) is 0 Å². The molecular weight excluding hydrogens is 207 g/mol. The van der Waals surface area contributed by atoms with Crippen molar-refractivity contribution in [3.05, 3.63) is 0 Å². The SMILES string of the molecule is CC(C)N[C@]1(C(F)(F)F)CC[C@H](O)CC1. The van der Waals surface area contributed by atoms with Crippen LogP contribution in [0.1, 0.15) is 39.5 Å². The van der Waals surface area contributed by atoms with Crippen molar-refractivity contribution in [2.45, 2.75) is 63.4 Å². The van der Waals surface area contributed by atoms with Gasteiger partial charge in [-0.05, 0) is 25.7 Å². The summed E-state index contributed by atoms with van der Waals surface area (Å²) in [7, 11) is 0. The zero-order valence-electron chi connectivity index (χ0n) is 9.06. The molecule has 1 saturated carbocycles. The van der Waals surface area contributed by atoms with Crippen LogP contribution in [0.5, 0.6) is 0 Å². The van der Waals surface area contributed by atoms with E-state index in [2.05, 4.69) is 5.32 Å². The maximum atomic E-state index is 12.9. The third-order valence-corrected chi connectivity index (χ3v) is 2.92. The highest BCUT2D eigenvalue weighted by Crippen LogP contribution is 2.41. The first-order valence-corrected chi connectivity index (χ1v) is 5.29. The third kappa shape index (κ3) is 2.84. The van der Waals surface area contributed by atoms with Crippen molar-refractivity contribution >= 4 is 0 Å². The molecule has 1 aliphatic carbocycles. The van der Waals surface area contributed by atoms with Gasteiger partial charge in [0.2, 0.25) is 0 Å². The highest BCUT2D eigenvalue weighted by molar-refractivity contribution is 4.99. The summed E-state index contributed by atoms with van der Waals surface area (Å²) < 4.78 is 38.8. The first kappa shape index (κ1) is 12.8. The van der Waals surface area contributed by atoms with Crippen molar-refractivity contribution < 1.29 is 18.3 Å². The second-order valence-electron chi connectivity index (χ2n) is 4.61. The minimum atomic E-state index is -4.24. The molecule has 1 rings (SSSR count). The predicted octanol–water partition coefficient (Wildman–Crippen LogP) is 2.22. The van der Waals surface area contributed by atoms with Gasteiger partial charge in [-0.15, -0.1) is 0 Å². The second kappa shape index (κ2) is 4.29. The Hall–Kier alpha value is -0.290. The largest absolute Gasteiger partial charge is 0.406 e. The van der Waals surface area contributed by atoms with Crippen molar-refractivity contribution in [1.82, 2.24) is 5.32 Å². The number of halogens is 3. The Bertz CT molecular complexity index is 207. The number of aliphatic hydroxyl groups is 1.